The van der Waals surface area contributed by atoms with E-state index in [1.165, 1.54) is 52.6 Å². The summed E-state index contributed by atoms with van der Waals surface area (Å²) in [5, 5.41) is 3.74. The van der Waals surface area contributed by atoms with Crippen molar-refractivity contribution >= 4 is 11.4 Å². The molecule has 3 aromatic rings. The van der Waals surface area contributed by atoms with Crippen LogP contribution in [-0.4, -0.2) is 0 Å². The minimum Gasteiger partial charge on any atom is -0.355 e. The molecule has 3 aliphatic rings. The van der Waals surface area contributed by atoms with Crippen LogP contribution < -0.4 is 11.1 Å². The zero-order chi connectivity index (χ0) is 26.4. The van der Waals surface area contributed by atoms with Gasteiger partial charge >= 0.3 is 0 Å². The fraction of sp³-hybridized carbons (Fsp3) is 0.429. The molecule has 3 saturated carbocycles. The van der Waals surface area contributed by atoms with Gasteiger partial charge < -0.3 is 11.1 Å². The van der Waals surface area contributed by atoms with E-state index in [1.807, 2.05) is 0 Å². The Bertz CT molecular complexity index is 1410. The smallest absolute Gasteiger partial charge is 0.0464 e. The summed E-state index contributed by atoms with van der Waals surface area (Å²) in [7, 11) is 0. The Kier molecular flexibility index (Phi) is 5.19. The van der Waals surface area contributed by atoms with Gasteiger partial charge in [-0.15, -0.1) is 0 Å². The van der Waals surface area contributed by atoms with Crippen LogP contribution in [0.15, 0.2) is 73.3 Å². The molecule has 0 aromatic heterocycles. The lowest BCUT2D eigenvalue weighted by molar-refractivity contribution is -0.0284. The number of hydrogen-bond acceptors (Lipinski definition) is 2. The van der Waals surface area contributed by atoms with Gasteiger partial charge in [0.25, 0.3) is 0 Å². The maximum atomic E-state index is 6.51. The molecule has 192 valence electrons. The molecule has 2 nitrogen and oxygen atoms in total. The average Bonchev–Trinajstić information content (AvgIpc) is 3.26. The second-order valence-electron chi connectivity index (χ2n) is 13.4. The van der Waals surface area contributed by atoms with Crippen LogP contribution in [-0.2, 0) is 5.54 Å². The first-order valence-corrected chi connectivity index (χ1v) is 14.0. The molecular formula is C35H42N2. The Labute approximate surface area is 223 Å². The minimum atomic E-state index is -0.392. The first-order chi connectivity index (χ1) is 17.4. The zero-order valence-electron chi connectivity index (χ0n) is 23.4. The van der Waals surface area contributed by atoms with Crippen LogP contribution in [0.2, 0.25) is 0 Å². The highest BCUT2D eigenvalue weighted by molar-refractivity contribution is 5.87. The van der Waals surface area contributed by atoms with Gasteiger partial charge in [0.1, 0.15) is 0 Å². The number of para-hydroxylation sites is 1. The topological polar surface area (TPSA) is 38.0 Å². The van der Waals surface area contributed by atoms with Crippen molar-refractivity contribution in [1.29, 1.82) is 0 Å². The normalized spacial score (nSPS) is 29.2. The highest BCUT2D eigenvalue weighted by Crippen LogP contribution is 2.93. The van der Waals surface area contributed by atoms with Gasteiger partial charge in [0.2, 0.25) is 0 Å². The largest absolute Gasteiger partial charge is 0.355 e. The molecule has 0 heterocycles. The molecule has 4 unspecified atom stereocenters. The fourth-order valence-electron chi connectivity index (χ4n) is 9.13. The maximum Gasteiger partial charge on any atom is 0.0464 e. The van der Waals surface area contributed by atoms with Crippen LogP contribution in [0, 0.1) is 29.1 Å². The highest BCUT2D eigenvalue weighted by atomic mass is 14.9. The molecule has 3 fully saturated rings. The first-order valence-electron chi connectivity index (χ1n) is 14.0. The Morgan fingerprint density at radius 2 is 1.62 bits per heavy atom. The lowest BCUT2D eigenvalue weighted by Gasteiger charge is -2.57. The van der Waals surface area contributed by atoms with Crippen molar-refractivity contribution in [2.24, 2.45) is 27.9 Å². The molecule has 6 rings (SSSR count). The van der Waals surface area contributed by atoms with Gasteiger partial charge in [0.05, 0.1) is 0 Å². The van der Waals surface area contributed by atoms with Crippen molar-refractivity contribution in [1.82, 2.24) is 0 Å². The average molecular weight is 491 g/mol. The van der Waals surface area contributed by atoms with Crippen LogP contribution >= 0.6 is 0 Å². The molecule has 37 heavy (non-hydrogen) atoms. The van der Waals surface area contributed by atoms with E-state index in [4.69, 9.17) is 5.73 Å². The van der Waals surface area contributed by atoms with Crippen LogP contribution in [0.3, 0.4) is 0 Å². The number of rotatable bonds is 6. The standard InChI is InChI=1S/C35H42N2/c1-22-24(16-12-17-28(22)33(5,6)36)27-15-10-11-18-30(27)37-23(2)25-13-8-9-14-26(25)29-21-35-31(32(35,3)4)19-20-34(29,35)7/h8-18,29,31,37H,2,19-21,36H2,1,3-7H3. The predicted molar refractivity (Wildman–Crippen MR) is 157 cm³/mol. The molecule has 4 atom stereocenters. The summed E-state index contributed by atoms with van der Waals surface area (Å²) in [5.41, 5.74) is 17.2. The van der Waals surface area contributed by atoms with Gasteiger partial charge in [-0.05, 0) is 96.4 Å². The minimum absolute atomic E-state index is 0.392. The van der Waals surface area contributed by atoms with Crippen LogP contribution in [0.25, 0.3) is 16.8 Å². The van der Waals surface area contributed by atoms with E-state index in [0.717, 1.165) is 17.3 Å². The van der Waals surface area contributed by atoms with Crippen LogP contribution in [0.1, 0.15) is 82.1 Å². The molecule has 2 heteroatoms. The van der Waals surface area contributed by atoms with E-state index in [1.54, 1.807) is 0 Å². The zero-order valence-corrected chi connectivity index (χ0v) is 23.4. The first kappa shape index (κ1) is 24.5. The Balaban J connectivity index is 1.33. The van der Waals surface area contributed by atoms with Crippen molar-refractivity contribution in [3.05, 3.63) is 95.6 Å². The van der Waals surface area contributed by atoms with Crippen LogP contribution in [0.5, 0.6) is 0 Å². The summed E-state index contributed by atoms with van der Waals surface area (Å²) < 4.78 is 0. The van der Waals surface area contributed by atoms with Crippen molar-refractivity contribution in [3.8, 4) is 11.1 Å². The summed E-state index contributed by atoms with van der Waals surface area (Å²) in [6.45, 7) is 18.5. The molecule has 0 radical (unpaired) electrons. The molecule has 3 aliphatic carbocycles. The second kappa shape index (κ2) is 7.84. The highest BCUT2D eigenvalue weighted by Gasteiger charge is 2.86. The third-order valence-corrected chi connectivity index (χ3v) is 11.0. The SMILES string of the molecule is C=C(Nc1ccccc1-c1cccc(C(C)(C)N)c1C)c1ccccc1C1CC23C(CCC12C)C3(C)C. The van der Waals surface area contributed by atoms with E-state index in [2.05, 4.69) is 120 Å². The van der Waals surface area contributed by atoms with Gasteiger partial charge in [-0.25, -0.2) is 0 Å². The van der Waals surface area contributed by atoms with E-state index >= 15 is 0 Å². The Morgan fingerprint density at radius 1 is 0.946 bits per heavy atom. The monoisotopic (exact) mass is 490 g/mol. The Morgan fingerprint density at radius 3 is 2.35 bits per heavy atom. The Hall–Kier alpha value is -2.84. The third-order valence-electron chi connectivity index (χ3n) is 11.0. The molecule has 1 spiro atoms. The molecule has 0 bridgehead atoms. The van der Waals surface area contributed by atoms with Gasteiger partial charge in [-0.1, -0.05) is 88.0 Å². The molecule has 0 amide bonds. The van der Waals surface area contributed by atoms with Gasteiger partial charge in [-0.2, -0.15) is 0 Å². The van der Waals surface area contributed by atoms with Crippen molar-refractivity contribution in [2.45, 2.75) is 72.3 Å². The second-order valence-corrected chi connectivity index (χ2v) is 13.4. The molecular weight excluding hydrogens is 448 g/mol. The summed E-state index contributed by atoms with van der Waals surface area (Å²) in [4.78, 5) is 0. The number of nitrogens with one attached hydrogen (secondary N) is 1. The van der Waals surface area contributed by atoms with E-state index < -0.39 is 5.54 Å². The van der Waals surface area contributed by atoms with Crippen molar-refractivity contribution in [2.75, 3.05) is 5.32 Å². The predicted octanol–water partition coefficient (Wildman–Crippen LogP) is 8.87. The molecule has 0 saturated heterocycles. The van der Waals surface area contributed by atoms with E-state index in [-0.39, 0.29) is 0 Å². The van der Waals surface area contributed by atoms with Crippen LogP contribution in [0.4, 0.5) is 5.69 Å². The maximum absolute atomic E-state index is 6.51. The van der Waals surface area contributed by atoms with E-state index in [9.17, 15) is 0 Å². The van der Waals surface area contributed by atoms with E-state index in [0.29, 0.717) is 22.2 Å². The van der Waals surface area contributed by atoms with Crippen molar-refractivity contribution < 1.29 is 0 Å². The lowest BCUT2D eigenvalue weighted by Crippen LogP contribution is -2.48. The third kappa shape index (κ3) is 3.21. The van der Waals surface area contributed by atoms with Gasteiger partial charge in [0.15, 0.2) is 0 Å². The molecule has 0 aliphatic heterocycles. The molecule has 3 aromatic carbocycles. The lowest BCUT2D eigenvalue weighted by atomic mass is 9.47. The number of nitrogens with two attached hydrogens (primary N) is 1. The fourth-order valence-corrected chi connectivity index (χ4v) is 9.13. The number of anilines is 1. The quantitative estimate of drug-likeness (QED) is 0.362. The van der Waals surface area contributed by atoms with Gasteiger partial charge in [0, 0.05) is 28.1 Å². The summed E-state index contributed by atoms with van der Waals surface area (Å²) in [5.74, 6) is 1.52. The van der Waals surface area contributed by atoms with Crippen molar-refractivity contribution in [3.63, 3.8) is 0 Å². The summed E-state index contributed by atoms with van der Waals surface area (Å²) in [6, 6.07) is 24.0. The van der Waals surface area contributed by atoms with Gasteiger partial charge in [-0.3, -0.25) is 0 Å². The number of benzene rings is 3. The number of hydrogen-bond donors (Lipinski definition) is 2. The summed E-state index contributed by atoms with van der Waals surface area (Å²) >= 11 is 0. The summed E-state index contributed by atoms with van der Waals surface area (Å²) in [6.07, 6.45) is 4.08. The molecule has 3 N–H and O–H groups in total.